The lowest BCUT2D eigenvalue weighted by molar-refractivity contribution is 0.0950. The number of carbonyl (C=O) groups excluding carboxylic acids is 1. The van der Waals surface area contributed by atoms with Crippen molar-refractivity contribution in [1.82, 2.24) is 19.9 Å². The van der Waals surface area contributed by atoms with E-state index in [4.69, 9.17) is 0 Å². The molecule has 0 saturated carbocycles. The SMILES string of the molecule is Cc1nc2ccccc2c(=O)n1-c1ccc(C(=O)NCc2csc(C(C)C)n2)cc1. The van der Waals surface area contributed by atoms with Crippen molar-refractivity contribution < 1.29 is 4.79 Å². The van der Waals surface area contributed by atoms with Gasteiger partial charge in [0.05, 0.1) is 33.8 Å². The molecule has 0 aliphatic carbocycles. The Morgan fingerprint density at radius 1 is 1.10 bits per heavy atom. The lowest BCUT2D eigenvalue weighted by Gasteiger charge is -2.11. The zero-order valence-electron chi connectivity index (χ0n) is 17.0. The molecule has 2 aromatic carbocycles. The Morgan fingerprint density at radius 2 is 1.83 bits per heavy atom. The van der Waals surface area contributed by atoms with E-state index < -0.39 is 0 Å². The number of fused-ring (bicyclic) bond motifs is 1. The number of hydrogen-bond donors (Lipinski definition) is 1. The van der Waals surface area contributed by atoms with Crippen molar-refractivity contribution in [2.24, 2.45) is 0 Å². The lowest BCUT2D eigenvalue weighted by atomic mass is 10.1. The van der Waals surface area contributed by atoms with Gasteiger partial charge in [-0.15, -0.1) is 11.3 Å². The third-order valence-corrected chi connectivity index (χ3v) is 6.02. The Bertz CT molecular complexity index is 1270. The summed E-state index contributed by atoms with van der Waals surface area (Å²) in [6.45, 7) is 6.38. The molecule has 152 valence electrons. The van der Waals surface area contributed by atoms with Crippen LogP contribution < -0.4 is 10.9 Å². The van der Waals surface area contributed by atoms with Crippen LogP contribution in [0.5, 0.6) is 0 Å². The first-order valence-corrected chi connectivity index (χ1v) is 10.6. The van der Waals surface area contributed by atoms with Crippen LogP contribution in [0.25, 0.3) is 16.6 Å². The van der Waals surface area contributed by atoms with Gasteiger partial charge in [-0.2, -0.15) is 0 Å². The van der Waals surface area contributed by atoms with Crippen molar-refractivity contribution in [2.75, 3.05) is 0 Å². The Hall–Kier alpha value is -3.32. The number of carbonyl (C=O) groups is 1. The van der Waals surface area contributed by atoms with Crippen molar-refractivity contribution in [1.29, 1.82) is 0 Å². The molecule has 0 bridgehead atoms. The van der Waals surface area contributed by atoms with Gasteiger partial charge in [-0.1, -0.05) is 26.0 Å². The molecule has 30 heavy (non-hydrogen) atoms. The highest BCUT2D eigenvalue weighted by Gasteiger charge is 2.12. The number of nitrogens with zero attached hydrogens (tertiary/aromatic N) is 3. The first-order chi connectivity index (χ1) is 14.4. The lowest BCUT2D eigenvalue weighted by Crippen LogP contribution is -2.24. The second kappa shape index (κ2) is 8.20. The number of aromatic nitrogens is 3. The molecule has 0 fully saturated rings. The van der Waals surface area contributed by atoms with Crippen molar-refractivity contribution in [3.63, 3.8) is 0 Å². The summed E-state index contributed by atoms with van der Waals surface area (Å²) in [6.07, 6.45) is 0. The van der Waals surface area contributed by atoms with Crippen molar-refractivity contribution in [2.45, 2.75) is 33.2 Å². The summed E-state index contributed by atoms with van der Waals surface area (Å²) in [5.74, 6) is 0.796. The molecular formula is C23H22N4O2S. The molecule has 0 radical (unpaired) electrons. The van der Waals surface area contributed by atoms with Crippen molar-refractivity contribution >= 4 is 28.1 Å². The smallest absolute Gasteiger partial charge is 0.265 e. The molecule has 0 aliphatic rings. The van der Waals surface area contributed by atoms with Gasteiger partial charge in [0, 0.05) is 16.9 Å². The molecular weight excluding hydrogens is 396 g/mol. The van der Waals surface area contributed by atoms with Gasteiger partial charge < -0.3 is 5.32 Å². The predicted octanol–water partition coefficient (Wildman–Crippen LogP) is 4.20. The van der Waals surface area contributed by atoms with Crippen LogP contribution in [0.15, 0.2) is 58.7 Å². The molecule has 2 heterocycles. The summed E-state index contributed by atoms with van der Waals surface area (Å²) in [5, 5.41) is 6.50. The predicted molar refractivity (Wildman–Crippen MR) is 119 cm³/mol. The quantitative estimate of drug-likeness (QED) is 0.527. The average molecular weight is 419 g/mol. The van der Waals surface area contributed by atoms with E-state index in [1.165, 1.54) is 0 Å². The van der Waals surface area contributed by atoms with E-state index >= 15 is 0 Å². The van der Waals surface area contributed by atoms with Gasteiger partial charge in [0.1, 0.15) is 5.82 Å². The molecule has 7 heteroatoms. The monoisotopic (exact) mass is 418 g/mol. The van der Waals surface area contributed by atoms with Gasteiger partial charge in [-0.05, 0) is 43.3 Å². The number of benzene rings is 2. The molecule has 6 nitrogen and oxygen atoms in total. The second-order valence-corrected chi connectivity index (χ2v) is 8.27. The Balaban J connectivity index is 1.53. The van der Waals surface area contributed by atoms with E-state index in [0.29, 0.717) is 40.4 Å². The standard InChI is InChI=1S/C23H22N4O2S/c1-14(2)22-26-17(13-30-22)12-24-21(28)16-8-10-18(11-9-16)27-15(3)25-20-7-5-4-6-19(20)23(27)29/h4-11,13-14H,12H2,1-3H3,(H,24,28). The summed E-state index contributed by atoms with van der Waals surface area (Å²) < 4.78 is 1.56. The first kappa shape index (κ1) is 20.0. The van der Waals surface area contributed by atoms with Crippen LogP contribution in [0.3, 0.4) is 0 Å². The molecule has 0 atom stereocenters. The normalized spacial score (nSPS) is 11.2. The van der Waals surface area contributed by atoms with Crippen molar-refractivity contribution in [3.8, 4) is 5.69 Å². The zero-order chi connectivity index (χ0) is 21.3. The first-order valence-electron chi connectivity index (χ1n) is 9.75. The summed E-state index contributed by atoms with van der Waals surface area (Å²) >= 11 is 1.61. The minimum Gasteiger partial charge on any atom is -0.346 e. The van der Waals surface area contributed by atoms with E-state index in [1.54, 1.807) is 53.2 Å². The number of amides is 1. The van der Waals surface area contributed by atoms with Crippen LogP contribution in [0.4, 0.5) is 0 Å². The van der Waals surface area contributed by atoms with Crippen LogP contribution in [0.1, 0.15) is 46.6 Å². The van der Waals surface area contributed by atoms with Gasteiger partial charge in [-0.3, -0.25) is 14.2 Å². The van der Waals surface area contributed by atoms with Crippen LogP contribution >= 0.6 is 11.3 Å². The van der Waals surface area contributed by atoms with E-state index in [0.717, 1.165) is 10.7 Å². The minimum atomic E-state index is -0.179. The van der Waals surface area contributed by atoms with E-state index in [2.05, 4.69) is 29.1 Å². The minimum absolute atomic E-state index is 0.125. The number of aryl methyl sites for hydroxylation is 1. The summed E-state index contributed by atoms with van der Waals surface area (Å²) in [4.78, 5) is 34.5. The maximum absolute atomic E-state index is 12.9. The van der Waals surface area contributed by atoms with E-state index in [9.17, 15) is 9.59 Å². The Labute approximate surface area is 178 Å². The van der Waals surface area contributed by atoms with Crippen LogP contribution in [-0.4, -0.2) is 20.4 Å². The fourth-order valence-electron chi connectivity index (χ4n) is 3.25. The van der Waals surface area contributed by atoms with E-state index in [-0.39, 0.29) is 11.5 Å². The molecule has 1 amide bonds. The highest BCUT2D eigenvalue weighted by molar-refractivity contribution is 7.09. The van der Waals surface area contributed by atoms with Gasteiger partial charge in [0.25, 0.3) is 11.5 Å². The fraction of sp³-hybridized carbons (Fsp3) is 0.217. The summed E-state index contributed by atoms with van der Waals surface area (Å²) in [6, 6.07) is 14.2. The number of thiazole rings is 1. The zero-order valence-corrected chi connectivity index (χ0v) is 17.9. The average Bonchev–Trinajstić information content (AvgIpc) is 3.22. The molecule has 0 unspecified atom stereocenters. The highest BCUT2D eigenvalue weighted by atomic mass is 32.1. The summed E-state index contributed by atoms with van der Waals surface area (Å²) in [5.41, 5.74) is 2.61. The van der Waals surface area contributed by atoms with Crippen LogP contribution in [-0.2, 0) is 6.54 Å². The van der Waals surface area contributed by atoms with Crippen molar-refractivity contribution in [3.05, 3.63) is 86.4 Å². The summed E-state index contributed by atoms with van der Waals surface area (Å²) in [7, 11) is 0. The molecule has 2 aromatic heterocycles. The molecule has 0 aliphatic heterocycles. The highest BCUT2D eigenvalue weighted by Crippen LogP contribution is 2.19. The van der Waals surface area contributed by atoms with Gasteiger partial charge in [0.15, 0.2) is 0 Å². The number of rotatable bonds is 5. The van der Waals surface area contributed by atoms with Gasteiger partial charge in [-0.25, -0.2) is 9.97 Å². The topological polar surface area (TPSA) is 76.9 Å². The number of para-hydroxylation sites is 1. The van der Waals surface area contributed by atoms with Crippen LogP contribution in [0.2, 0.25) is 0 Å². The third-order valence-electron chi connectivity index (χ3n) is 4.82. The largest absolute Gasteiger partial charge is 0.346 e. The number of hydrogen-bond acceptors (Lipinski definition) is 5. The van der Waals surface area contributed by atoms with Gasteiger partial charge in [0.2, 0.25) is 0 Å². The molecule has 0 spiro atoms. The molecule has 4 rings (SSSR count). The molecule has 1 N–H and O–H groups in total. The maximum Gasteiger partial charge on any atom is 0.265 e. The third kappa shape index (κ3) is 3.89. The van der Waals surface area contributed by atoms with Gasteiger partial charge >= 0.3 is 0 Å². The Morgan fingerprint density at radius 3 is 2.53 bits per heavy atom. The Kier molecular flexibility index (Phi) is 5.46. The second-order valence-electron chi connectivity index (χ2n) is 7.38. The van der Waals surface area contributed by atoms with E-state index in [1.807, 2.05) is 23.6 Å². The molecule has 4 aromatic rings. The maximum atomic E-state index is 12.9. The van der Waals surface area contributed by atoms with Crippen LogP contribution in [0, 0.1) is 6.92 Å². The fourth-order valence-corrected chi connectivity index (χ4v) is 4.09. The number of nitrogens with one attached hydrogen (secondary N) is 1. The molecule has 0 saturated heterocycles.